The lowest BCUT2D eigenvalue weighted by atomic mass is 9.84. The van der Waals surface area contributed by atoms with Crippen molar-refractivity contribution in [3.05, 3.63) is 54.1 Å². The minimum absolute atomic E-state index is 0.0623. The van der Waals surface area contributed by atoms with Gasteiger partial charge in [0.1, 0.15) is 13.2 Å². The van der Waals surface area contributed by atoms with Gasteiger partial charge in [0, 0.05) is 25.2 Å². The van der Waals surface area contributed by atoms with Crippen LogP contribution in [0.3, 0.4) is 0 Å². The second kappa shape index (κ2) is 7.31. The summed E-state index contributed by atoms with van der Waals surface area (Å²) in [6.07, 6.45) is 0.901. The quantitative estimate of drug-likeness (QED) is 0.907. The van der Waals surface area contributed by atoms with Gasteiger partial charge in [-0.1, -0.05) is 30.3 Å². The summed E-state index contributed by atoms with van der Waals surface area (Å²) >= 11 is 0. The number of likely N-dealkylation sites (tertiary alicyclic amines) is 1. The zero-order valence-electron chi connectivity index (χ0n) is 15.2. The zero-order chi connectivity index (χ0) is 18.8. The fourth-order valence-electron chi connectivity index (χ4n) is 3.77. The number of piperidine rings is 1. The SMILES string of the molecule is CN1C(=O)CCC(C(=O)Nc2ccc3c(c2)OCCO3)C1c1ccccc1. The van der Waals surface area contributed by atoms with E-state index in [-0.39, 0.29) is 23.8 Å². The first-order chi connectivity index (χ1) is 13.1. The standard InChI is InChI=1S/C21H22N2O4/c1-23-19(24)10-8-16(20(23)14-5-3-2-4-6-14)21(25)22-15-7-9-17-18(13-15)27-12-11-26-17/h2-7,9,13,16,20H,8,10-12H2,1H3,(H,22,25). The topological polar surface area (TPSA) is 67.9 Å². The molecule has 1 saturated heterocycles. The molecule has 2 unspecified atom stereocenters. The number of anilines is 1. The van der Waals surface area contributed by atoms with E-state index in [1.54, 1.807) is 30.1 Å². The minimum Gasteiger partial charge on any atom is -0.486 e. The van der Waals surface area contributed by atoms with Gasteiger partial charge in [-0.25, -0.2) is 0 Å². The summed E-state index contributed by atoms with van der Waals surface area (Å²) in [6, 6.07) is 14.8. The highest BCUT2D eigenvalue weighted by Gasteiger charge is 2.38. The van der Waals surface area contributed by atoms with Gasteiger partial charge in [-0.15, -0.1) is 0 Å². The molecule has 1 fully saturated rings. The van der Waals surface area contributed by atoms with Gasteiger partial charge in [0.15, 0.2) is 11.5 Å². The van der Waals surface area contributed by atoms with Crippen molar-refractivity contribution in [2.45, 2.75) is 18.9 Å². The van der Waals surface area contributed by atoms with E-state index in [1.165, 1.54) is 0 Å². The number of carbonyl (C=O) groups is 2. The van der Waals surface area contributed by atoms with E-state index in [4.69, 9.17) is 9.47 Å². The Morgan fingerprint density at radius 2 is 1.81 bits per heavy atom. The smallest absolute Gasteiger partial charge is 0.229 e. The van der Waals surface area contributed by atoms with E-state index in [9.17, 15) is 9.59 Å². The van der Waals surface area contributed by atoms with E-state index in [1.807, 2.05) is 30.3 Å². The number of rotatable bonds is 3. The lowest BCUT2D eigenvalue weighted by Crippen LogP contribution is -2.44. The fourth-order valence-corrected chi connectivity index (χ4v) is 3.77. The third-order valence-corrected chi connectivity index (χ3v) is 5.15. The Kier molecular flexibility index (Phi) is 4.71. The number of carbonyl (C=O) groups excluding carboxylic acids is 2. The monoisotopic (exact) mass is 366 g/mol. The van der Waals surface area contributed by atoms with Gasteiger partial charge in [-0.3, -0.25) is 9.59 Å². The predicted octanol–water partition coefficient (Wildman–Crippen LogP) is 3.01. The molecule has 0 aromatic heterocycles. The molecule has 0 radical (unpaired) electrons. The van der Waals surface area contributed by atoms with Crippen LogP contribution in [0.5, 0.6) is 11.5 Å². The summed E-state index contributed by atoms with van der Waals surface area (Å²) in [5, 5.41) is 2.98. The van der Waals surface area contributed by atoms with Gasteiger partial charge in [-0.05, 0) is 24.1 Å². The van der Waals surface area contributed by atoms with E-state index in [2.05, 4.69) is 5.32 Å². The van der Waals surface area contributed by atoms with E-state index in [0.717, 1.165) is 5.56 Å². The molecule has 2 heterocycles. The van der Waals surface area contributed by atoms with E-state index in [0.29, 0.717) is 43.2 Å². The summed E-state index contributed by atoms with van der Waals surface area (Å²) < 4.78 is 11.1. The molecule has 0 bridgehead atoms. The number of hydrogen-bond acceptors (Lipinski definition) is 4. The van der Waals surface area contributed by atoms with Crippen molar-refractivity contribution in [2.75, 3.05) is 25.6 Å². The molecule has 2 aromatic carbocycles. The third kappa shape index (κ3) is 3.47. The molecule has 2 aromatic rings. The van der Waals surface area contributed by atoms with Crippen LogP contribution >= 0.6 is 0 Å². The Balaban J connectivity index is 1.57. The molecule has 2 aliphatic heterocycles. The molecule has 0 spiro atoms. The normalized spacial score (nSPS) is 21.7. The number of benzene rings is 2. The van der Waals surface area contributed by atoms with Crippen LogP contribution < -0.4 is 14.8 Å². The average molecular weight is 366 g/mol. The first kappa shape index (κ1) is 17.4. The Bertz CT molecular complexity index is 853. The van der Waals surface area contributed by atoms with Gasteiger partial charge in [-0.2, -0.15) is 0 Å². The summed E-state index contributed by atoms with van der Waals surface area (Å²) in [6.45, 7) is 1.02. The van der Waals surface area contributed by atoms with Crippen molar-refractivity contribution in [1.82, 2.24) is 4.90 Å². The highest BCUT2D eigenvalue weighted by molar-refractivity contribution is 5.95. The van der Waals surface area contributed by atoms with Gasteiger partial charge >= 0.3 is 0 Å². The molecule has 6 heteroatoms. The molecule has 2 aliphatic rings. The van der Waals surface area contributed by atoms with Crippen LogP contribution in [0.1, 0.15) is 24.4 Å². The first-order valence-electron chi connectivity index (χ1n) is 9.14. The lowest BCUT2D eigenvalue weighted by molar-refractivity contribution is -0.140. The average Bonchev–Trinajstić information content (AvgIpc) is 2.70. The summed E-state index contributed by atoms with van der Waals surface area (Å²) in [4.78, 5) is 27.0. The number of nitrogens with zero attached hydrogens (tertiary/aromatic N) is 1. The minimum atomic E-state index is -0.316. The van der Waals surface area contributed by atoms with Crippen molar-refractivity contribution in [1.29, 1.82) is 0 Å². The van der Waals surface area contributed by atoms with Crippen molar-refractivity contribution < 1.29 is 19.1 Å². The van der Waals surface area contributed by atoms with Crippen LogP contribution in [0.2, 0.25) is 0 Å². The van der Waals surface area contributed by atoms with Crippen LogP contribution in [-0.4, -0.2) is 37.0 Å². The molecular weight excluding hydrogens is 344 g/mol. The Hall–Kier alpha value is -3.02. The number of nitrogens with one attached hydrogen (secondary N) is 1. The molecule has 140 valence electrons. The maximum absolute atomic E-state index is 13.1. The fraction of sp³-hybridized carbons (Fsp3) is 0.333. The van der Waals surface area contributed by atoms with Crippen molar-refractivity contribution >= 4 is 17.5 Å². The molecule has 6 nitrogen and oxygen atoms in total. The van der Waals surface area contributed by atoms with Crippen LogP contribution in [0, 0.1) is 5.92 Å². The zero-order valence-corrected chi connectivity index (χ0v) is 15.2. The van der Waals surface area contributed by atoms with Gasteiger partial charge in [0.25, 0.3) is 0 Å². The van der Waals surface area contributed by atoms with E-state index >= 15 is 0 Å². The van der Waals surface area contributed by atoms with Crippen molar-refractivity contribution in [3.63, 3.8) is 0 Å². The van der Waals surface area contributed by atoms with Gasteiger partial charge in [0.05, 0.1) is 12.0 Å². The third-order valence-electron chi connectivity index (χ3n) is 5.15. The highest BCUT2D eigenvalue weighted by atomic mass is 16.6. The van der Waals surface area contributed by atoms with Crippen LogP contribution in [-0.2, 0) is 9.59 Å². The van der Waals surface area contributed by atoms with Crippen LogP contribution in [0.15, 0.2) is 48.5 Å². The summed E-state index contributed by atoms with van der Waals surface area (Å²) in [5.74, 6) is 0.967. The maximum atomic E-state index is 13.1. The second-order valence-corrected chi connectivity index (χ2v) is 6.85. The Morgan fingerprint density at radius 1 is 1.07 bits per heavy atom. The van der Waals surface area contributed by atoms with Crippen LogP contribution in [0.4, 0.5) is 5.69 Å². The molecule has 4 rings (SSSR count). The van der Waals surface area contributed by atoms with Crippen molar-refractivity contribution in [2.24, 2.45) is 5.92 Å². The molecule has 27 heavy (non-hydrogen) atoms. The second-order valence-electron chi connectivity index (χ2n) is 6.85. The molecule has 2 amide bonds. The van der Waals surface area contributed by atoms with Crippen molar-refractivity contribution in [3.8, 4) is 11.5 Å². The summed E-state index contributed by atoms with van der Waals surface area (Å²) in [7, 11) is 1.77. The molecule has 0 aliphatic carbocycles. The Labute approximate surface area is 158 Å². The van der Waals surface area contributed by atoms with Gasteiger partial charge in [0.2, 0.25) is 11.8 Å². The number of amides is 2. The largest absolute Gasteiger partial charge is 0.486 e. The molecule has 1 N–H and O–H groups in total. The molecule has 2 atom stereocenters. The molecular formula is C21H22N2O4. The van der Waals surface area contributed by atoms with E-state index < -0.39 is 0 Å². The number of fused-ring (bicyclic) bond motifs is 1. The highest BCUT2D eigenvalue weighted by Crippen LogP contribution is 2.37. The maximum Gasteiger partial charge on any atom is 0.229 e. The molecule has 0 saturated carbocycles. The predicted molar refractivity (Wildman–Crippen MR) is 101 cm³/mol. The number of ether oxygens (including phenoxy) is 2. The van der Waals surface area contributed by atoms with Gasteiger partial charge < -0.3 is 19.7 Å². The summed E-state index contributed by atoms with van der Waals surface area (Å²) in [5.41, 5.74) is 1.63. The Morgan fingerprint density at radius 3 is 2.59 bits per heavy atom. The number of hydrogen-bond donors (Lipinski definition) is 1. The lowest BCUT2D eigenvalue weighted by Gasteiger charge is -2.38. The first-order valence-corrected chi connectivity index (χ1v) is 9.14. The van der Waals surface area contributed by atoms with Crippen LogP contribution in [0.25, 0.3) is 0 Å².